The lowest BCUT2D eigenvalue weighted by Crippen LogP contribution is -2.30. The van der Waals surface area contributed by atoms with Crippen LogP contribution in [0.25, 0.3) is 11.0 Å². The van der Waals surface area contributed by atoms with Gasteiger partial charge in [0.15, 0.2) is 0 Å². The smallest absolute Gasteiger partial charge is 0.314 e. The molecule has 3 aromatic rings. The van der Waals surface area contributed by atoms with Crippen LogP contribution in [0.5, 0.6) is 5.75 Å². The van der Waals surface area contributed by atoms with E-state index < -0.39 is 27.9 Å². The number of fused-ring (bicyclic) bond motifs is 1. The second-order valence-electron chi connectivity index (χ2n) is 6.00. The highest BCUT2D eigenvalue weighted by molar-refractivity contribution is 5.95. The number of nitrogens with zero attached hydrogens (tertiary/aromatic N) is 1. The molecule has 0 aliphatic carbocycles. The van der Waals surface area contributed by atoms with Gasteiger partial charge >= 0.3 is 17.1 Å². The van der Waals surface area contributed by atoms with E-state index in [1.807, 2.05) is 0 Å². The van der Waals surface area contributed by atoms with Crippen molar-refractivity contribution in [1.82, 2.24) is 15.3 Å². The number of nitro benzene ring substituents is 1. The number of hydrogen-bond acceptors (Lipinski definition) is 7. The van der Waals surface area contributed by atoms with Crippen LogP contribution < -0.4 is 21.2 Å². The van der Waals surface area contributed by atoms with E-state index in [1.54, 1.807) is 0 Å². The van der Waals surface area contributed by atoms with E-state index in [0.717, 1.165) is 6.07 Å². The van der Waals surface area contributed by atoms with Crippen molar-refractivity contribution in [3.8, 4) is 5.75 Å². The molecule has 0 unspecified atom stereocenters. The largest absolute Gasteiger partial charge is 0.427 e. The first-order valence-corrected chi connectivity index (χ1v) is 8.25. The Morgan fingerprint density at radius 1 is 1.14 bits per heavy atom. The number of carbonyl (C=O) groups excluding carboxylic acids is 2. The molecule has 0 aliphatic rings. The highest BCUT2D eigenvalue weighted by atomic mass is 16.6. The summed E-state index contributed by atoms with van der Waals surface area (Å²) in [6.45, 7) is 1.06. The van der Waals surface area contributed by atoms with Crippen LogP contribution in [0.15, 0.2) is 46.0 Å². The topological polar surface area (TPSA) is 164 Å². The Bertz CT molecular complexity index is 1260. The maximum absolute atomic E-state index is 12.4. The zero-order valence-corrected chi connectivity index (χ0v) is 15.0. The van der Waals surface area contributed by atoms with Crippen molar-refractivity contribution in [1.29, 1.82) is 0 Å². The third kappa shape index (κ3) is 4.35. The maximum atomic E-state index is 12.4. The number of aromatic nitrogens is 2. The standard InChI is InChI=1S/C18H14N4O7/c1-9(23)29-13-4-2-3-10(6-13)16(24)19-8-11-5-12(22(27)28)7-14-15(11)21-18(26)17(25)20-14/h2-7H,8H2,1H3,(H,19,24)(H,20,25)(H,21,26). The molecule has 148 valence electrons. The van der Waals surface area contributed by atoms with Gasteiger partial charge in [-0.05, 0) is 18.2 Å². The lowest BCUT2D eigenvalue weighted by molar-refractivity contribution is -0.384. The molecule has 0 radical (unpaired) electrons. The molecule has 3 rings (SSSR count). The predicted molar refractivity (Wildman–Crippen MR) is 101 cm³/mol. The molecule has 0 bridgehead atoms. The summed E-state index contributed by atoms with van der Waals surface area (Å²) in [6.07, 6.45) is 0. The molecule has 29 heavy (non-hydrogen) atoms. The van der Waals surface area contributed by atoms with Gasteiger partial charge in [0, 0.05) is 36.7 Å². The fraction of sp³-hybridized carbons (Fsp3) is 0.111. The van der Waals surface area contributed by atoms with Gasteiger partial charge in [-0.3, -0.25) is 29.3 Å². The van der Waals surface area contributed by atoms with Crippen LogP contribution in [0.2, 0.25) is 0 Å². The SMILES string of the molecule is CC(=O)Oc1cccc(C(=O)NCc2cc([N+](=O)[O-])cc3[nH]c(=O)c(=O)[nH]c23)c1. The Morgan fingerprint density at radius 3 is 2.55 bits per heavy atom. The van der Waals surface area contributed by atoms with Crippen molar-refractivity contribution in [2.24, 2.45) is 0 Å². The van der Waals surface area contributed by atoms with E-state index in [1.165, 1.54) is 37.3 Å². The number of esters is 1. The van der Waals surface area contributed by atoms with E-state index >= 15 is 0 Å². The fourth-order valence-electron chi connectivity index (χ4n) is 2.67. The Morgan fingerprint density at radius 2 is 1.86 bits per heavy atom. The van der Waals surface area contributed by atoms with Gasteiger partial charge < -0.3 is 20.0 Å². The molecule has 1 aromatic heterocycles. The van der Waals surface area contributed by atoms with Gasteiger partial charge in [-0.2, -0.15) is 0 Å². The number of carbonyl (C=O) groups is 2. The van der Waals surface area contributed by atoms with E-state index in [9.17, 15) is 29.3 Å². The Labute approximate surface area is 161 Å². The molecule has 1 heterocycles. The number of non-ortho nitro benzene ring substituents is 1. The molecule has 2 aromatic carbocycles. The van der Waals surface area contributed by atoms with Crippen molar-refractivity contribution in [2.75, 3.05) is 0 Å². The van der Waals surface area contributed by atoms with E-state index in [2.05, 4.69) is 15.3 Å². The van der Waals surface area contributed by atoms with Crippen molar-refractivity contribution >= 4 is 28.6 Å². The first-order chi connectivity index (χ1) is 13.7. The highest BCUT2D eigenvalue weighted by Gasteiger charge is 2.15. The average molecular weight is 398 g/mol. The van der Waals surface area contributed by atoms with Gasteiger partial charge in [0.2, 0.25) is 0 Å². The Hall–Kier alpha value is -4.28. The first kappa shape index (κ1) is 19.5. The van der Waals surface area contributed by atoms with E-state index in [4.69, 9.17) is 4.74 Å². The number of nitrogens with one attached hydrogen (secondary N) is 3. The number of hydrogen-bond donors (Lipinski definition) is 3. The van der Waals surface area contributed by atoms with Crippen LogP contribution in [-0.2, 0) is 11.3 Å². The minimum absolute atomic E-state index is 0.0601. The van der Waals surface area contributed by atoms with Gasteiger partial charge in [0.25, 0.3) is 11.6 Å². The van der Waals surface area contributed by atoms with Crippen LogP contribution >= 0.6 is 0 Å². The van der Waals surface area contributed by atoms with Crippen molar-refractivity contribution < 1.29 is 19.2 Å². The third-order valence-electron chi connectivity index (χ3n) is 3.91. The number of nitro groups is 1. The molecule has 1 amide bonds. The van der Waals surface area contributed by atoms with Crippen molar-refractivity contribution in [2.45, 2.75) is 13.5 Å². The molecule has 0 spiro atoms. The van der Waals surface area contributed by atoms with Gasteiger partial charge in [-0.1, -0.05) is 6.07 Å². The molecule has 11 heteroatoms. The van der Waals surface area contributed by atoms with Gasteiger partial charge in [0.05, 0.1) is 16.0 Å². The summed E-state index contributed by atoms with van der Waals surface area (Å²) in [6, 6.07) is 8.19. The molecule has 0 saturated heterocycles. The normalized spacial score (nSPS) is 10.5. The minimum atomic E-state index is -0.949. The van der Waals surface area contributed by atoms with E-state index in [-0.39, 0.29) is 40.1 Å². The summed E-state index contributed by atoms with van der Waals surface area (Å²) in [5.74, 6) is -0.887. The zero-order chi connectivity index (χ0) is 21.1. The summed E-state index contributed by atoms with van der Waals surface area (Å²) in [7, 11) is 0. The zero-order valence-electron chi connectivity index (χ0n) is 15.0. The summed E-state index contributed by atoms with van der Waals surface area (Å²) in [5.41, 5.74) is -1.55. The molecule has 0 saturated carbocycles. The second-order valence-corrected chi connectivity index (χ2v) is 6.00. The van der Waals surface area contributed by atoms with E-state index in [0.29, 0.717) is 0 Å². The number of H-pyrrole nitrogens is 2. The van der Waals surface area contributed by atoms with Gasteiger partial charge in [-0.25, -0.2) is 0 Å². The van der Waals surface area contributed by atoms with Gasteiger partial charge in [-0.15, -0.1) is 0 Å². The average Bonchev–Trinajstić information content (AvgIpc) is 2.66. The van der Waals surface area contributed by atoms with Crippen LogP contribution in [0.1, 0.15) is 22.8 Å². The molecular formula is C18H14N4O7. The van der Waals surface area contributed by atoms with Crippen LogP contribution in [0.4, 0.5) is 5.69 Å². The Balaban J connectivity index is 1.92. The number of rotatable bonds is 5. The number of benzene rings is 2. The minimum Gasteiger partial charge on any atom is -0.427 e. The lowest BCUT2D eigenvalue weighted by Gasteiger charge is -2.09. The third-order valence-corrected chi connectivity index (χ3v) is 3.91. The Kier molecular flexibility index (Phi) is 5.21. The lowest BCUT2D eigenvalue weighted by atomic mass is 10.1. The van der Waals surface area contributed by atoms with Gasteiger partial charge in [0.1, 0.15) is 5.75 Å². The molecule has 0 aliphatic heterocycles. The van der Waals surface area contributed by atoms with Crippen LogP contribution in [-0.4, -0.2) is 26.8 Å². The molecule has 0 atom stereocenters. The molecule has 11 nitrogen and oxygen atoms in total. The monoisotopic (exact) mass is 398 g/mol. The second kappa shape index (κ2) is 7.76. The number of amides is 1. The fourth-order valence-corrected chi connectivity index (χ4v) is 2.67. The quantitative estimate of drug-likeness (QED) is 0.189. The number of aromatic amines is 2. The summed E-state index contributed by atoms with van der Waals surface area (Å²) < 4.78 is 4.92. The molecule has 0 fully saturated rings. The summed E-state index contributed by atoms with van der Waals surface area (Å²) in [5, 5.41) is 13.7. The van der Waals surface area contributed by atoms with Crippen molar-refractivity contribution in [3.05, 3.63) is 78.3 Å². The molecular weight excluding hydrogens is 384 g/mol. The first-order valence-electron chi connectivity index (χ1n) is 8.25. The van der Waals surface area contributed by atoms with Crippen molar-refractivity contribution in [3.63, 3.8) is 0 Å². The van der Waals surface area contributed by atoms with Crippen LogP contribution in [0, 0.1) is 10.1 Å². The molecule has 3 N–H and O–H groups in total. The highest BCUT2D eigenvalue weighted by Crippen LogP contribution is 2.21. The maximum Gasteiger partial charge on any atom is 0.314 e. The predicted octanol–water partition coefficient (Wildman–Crippen LogP) is 0.980. The van der Waals surface area contributed by atoms with Crippen LogP contribution in [0.3, 0.4) is 0 Å². The summed E-state index contributed by atoms with van der Waals surface area (Å²) >= 11 is 0. The number of ether oxygens (including phenoxy) is 1. The summed E-state index contributed by atoms with van der Waals surface area (Å²) in [4.78, 5) is 61.7.